The van der Waals surface area contributed by atoms with Crippen LogP contribution in [-0.2, 0) is 4.74 Å². The average molecular weight is 370 g/mol. The molecule has 0 aliphatic rings. The zero-order chi connectivity index (χ0) is 20.1. The largest absolute Gasteiger partial charge is 0.491 e. The van der Waals surface area contributed by atoms with Crippen molar-refractivity contribution < 1.29 is 14.3 Å². The van der Waals surface area contributed by atoms with Crippen LogP contribution in [-0.4, -0.2) is 43.7 Å². The molecule has 1 aromatic carbocycles. The molecular formula is C20H26N4O3. The number of anilines is 1. The van der Waals surface area contributed by atoms with Gasteiger partial charge in [0.25, 0.3) is 0 Å². The van der Waals surface area contributed by atoms with Crippen LogP contribution >= 0.6 is 0 Å². The van der Waals surface area contributed by atoms with Gasteiger partial charge in [-0.05, 0) is 37.7 Å². The number of nitrogens with one attached hydrogen (secondary N) is 1. The van der Waals surface area contributed by atoms with Crippen LogP contribution < -0.4 is 10.1 Å². The van der Waals surface area contributed by atoms with Gasteiger partial charge < -0.3 is 19.7 Å². The van der Waals surface area contributed by atoms with Crippen molar-refractivity contribution in [2.24, 2.45) is 0 Å². The topological polar surface area (TPSA) is 98.4 Å². The number of nitriles is 2. The van der Waals surface area contributed by atoms with E-state index in [9.17, 15) is 4.79 Å². The predicted molar refractivity (Wildman–Crippen MR) is 103 cm³/mol. The fourth-order valence-corrected chi connectivity index (χ4v) is 2.24. The van der Waals surface area contributed by atoms with Crippen LogP contribution in [0, 0.1) is 22.7 Å². The van der Waals surface area contributed by atoms with Gasteiger partial charge >= 0.3 is 5.97 Å². The van der Waals surface area contributed by atoms with E-state index in [2.05, 4.69) is 24.1 Å². The number of carbonyl (C=O) groups excluding carboxylic acids is 1. The zero-order valence-corrected chi connectivity index (χ0v) is 16.1. The summed E-state index contributed by atoms with van der Waals surface area (Å²) in [5.41, 5.74) is 0.776. The van der Waals surface area contributed by atoms with Crippen LogP contribution in [0.3, 0.4) is 0 Å². The lowest BCUT2D eigenvalue weighted by Gasteiger charge is -2.17. The summed E-state index contributed by atoms with van der Waals surface area (Å²) in [6, 6.07) is 8.44. The monoisotopic (exact) mass is 370 g/mol. The molecule has 7 heteroatoms. The Kier molecular flexibility index (Phi) is 10.1. The van der Waals surface area contributed by atoms with Crippen LogP contribution in [0.5, 0.6) is 5.75 Å². The van der Waals surface area contributed by atoms with E-state index in [1.165, 1.54) is 6.20 Å². The van der Waals surface area contributed by atoms with Gasteiger partial charge in [0.2, 0.25) is 0 Å². The molecular weight excluding hydrogens is 344 g/mol. The molecule has 0 aliphatic heterocycles. The molecule has 0 radical (unpaired) electrons. The van der Waals surface area contributed by atoms with Crippen molar-refractivity contribution in [3.05, 3.63) is 35.5 Å². The van der Waals surface area contributed by atoms with Gasteiger partial charge in [-0.25, -0.2) is 4.79 Å². The Morgan fingerprint density at radius 3 is 2.48 bits per heavy atom. The van der Waals surface area contributed by atoms with E-state index in [0.29, 0.717) is 36.8 Å². The van der Waals surface area contributed by atoms with Crippen LogP contribution in [0.15, 0.2) is 30.0 Å². The number of allylic oxidation sites excluding steroid dienone is 1. The lowest BCUT2D eigenvalue weighted by atomic mass is 10.2. The third-order valence-corrected chi connectivity index (χ3v) is 3.82. The molecule has 1 rings (SSSR count). The van der Waals surface area contributed by atoms with Gasteiger partial charge in [0.1, 0.15) is 30.1 Å². The number of nitrogens with zero attached hydrogens (tertiary/aromatic N) is 3. The first-order chi connectivity index (χ1) is 13.1. The van der Waals surface area contributed by atoms with Crippen molar-refractivity contribution in [1.29, 1.82) is 10.5 Å². The molecule has 0 aliphatic carbocycles. The standard InChI is InChI=1S/C20H26N4O3/c1-4-10-26-19-8-7-17(12-18(19)23-15-16(13-21)14-22)20(25)27-11-9-24(5-2)6-3/h7-8,12,15,23H,4-6,9-11H2,1-3H3. The van der Waals surface area contributed by atoms with E-state index in [1.54, 1.807) is 30.3 Å². The molecule has 0 unspecified atom stereocenters. The number of rotatable bonds is 11. The molecule has 0 fully saturated rings. The minimum atomic E-state index is -0.433. The van der Waals surface area contributed by atoms with E-state index < -0.39 is 5.97 Å². The maximum atomic E-state index is 12.3. The third kappa shape index (κ3) is 7.39. The van der Waals surface area contributed by atoms with Crippen LogP contribution in [0.4, 0.5) is 5.69 Å². The van der Waals surface area contributed by atoms with E-state index in [1.807, 2.05) is 6.92 Å². The second-order valence-electron chi connectivity index (χ2n) is 5.65. The molecule has 27 heavy (non-hydrogen) atoms. The van der Waals surface area contributed by atoms with Crippen molar-refractivity contribution in [3.8, 4) is 17.9 Å². The Labute approximate surface area is 160 Å². The van der Waals surface area contributed by atoms with Gasteiger partial charge in [0.05, 0.1) is 17.9 Å². The Bertz CT molecular complexity index is 712. The number of hydrogen-bond acceptors (Lipinski definition) is 7. The maximum Gasteiger partial charge on any atom is 0.338 e. The van der Waals surface area contributed by atoms with Crippen molar-refractivity contribution in [3.63, 3.8) is 0 Å². The fourth-order valence-electron chi connectivity index (χ4n) is 2.24. The van der Waals surface area contributed by atoms with Gasteiger partial charge in [-0.2, -0.15) is 10.5 Å². The molecule has 0 bridgehead atoms. The molecule has 1 aromatic rings. The summed E-state index contributed by atoms with van der Waals surface area (Å²) in [5.74, 6) is 0.0973. The van der Waals surface area contributed by atoms with Crippen molar-refractivity contribution in [1.82, 2.24) is 4.90 Å². The minimum absolute atomic E-state index is 0.0800. The maximum absolute atomic E-state index is 12.3. The minimum Gasteiger partial charge on any atom is -0.491 e. The van der Waals surface area contributed by atoms with Gasteiger partial charge in [-0.15, -0.1) is 0 Å². The highest BCUT2D eigenvalue weighted by Crippen LogP contribution is 2.27. The van der Waals surface area contributed by atoms with Crippen molar-refractivity contribution in [2.45, 2.75) is 27.2 Å². The van der Waals surface area contributed by atoms with E-state index in [4.69, 9.17) is 20.0 Å². The molecule has 7 nitrogen and oxygen atoms in total. The van der Waals surface area contributed by atoms with E-state index >= 15 is 0 Å². The van der Waals surface area contributed by atoms with Gasteiger partial charge in [0.15, 0.2) is 0 Å². The molecule has 1 N–H and O–H groups in total. The Morgan fingerprint density at radius 1 is 1.19 bits per heavy atom. The highest BCUT2D eigenvalue weighted by molar-refractivity contribution is 5.91. The highest BCUT2D eigenvalue weighted by atomic mass is 16.5. The molecule has 0 heterocycles. The number of ether oxygens (including phenoxy) is 2. The normalized spacial score (nSPS) is 9.85. The number of likely N-dealkylation sites (N-methyl/N-ethyl adjacent to an activating group) is 1. The van der Waals surface area contributed by atoms with Crippen LogP contribution in [0.25, 0.3) is 0 Å². The molecule has 0 saturated heterocycles. The molecule has 0 spiro atoms. The Hall–Kier alpha value is -3.03. The highest BCUT2D eigenvalue weighted by Gasteiger charge is 2.12. The molecule has 0 saturated carbocycles. The zero-order valence-electron chi connectivity index (χ0n) is 16.1. The Morgan fingerprint density at radius 2 is 1.89 bits per heavy atom. The van der Waals surface area contributed by atoms with Gasteiger partial charge in [-0.1, -0.05) is 20.8 Å². The third-order valence-electron chi connectivity index (χ3n) is 3.82. The summed E-state index contributed by atoms with van der Waals surface area (Å²) in [5, 5.41) is 20.6. The first-order valence-electron chi connectivity index (χ1n) is 9.02. The Balaban J connectivity index is 2.90. The molecule has 144 valence electrons. The lowest BCUT2D eigenvalue weighted by Crippen LogP contribution is -2.27. The second-order valence-corrected chi connectivity index (χ2v) is 5.65. The number of hydrogen-bond donors (Lipinski definition) is 1. The van der Waals surface area contributed by atoms with Gasteiger partial charge in [0, 0.05) is 12.7 Å². The van der Waals surface area contributed by atoms with Crippen molar-refractivity contribution in [2.75, 3.05) is 38.2 Å². The summed E-state index contributed by atoms with van der Waals surface area (Å²) in [4.78, 5) is 14.5. The lowest BCUT2D eigenvalue weighted by molar-refractivity contribution is 0.0466. The van der Waals surface area contributed by atoms with Crippen LogP contribution in [0.1, 0.15) is 37.6 Å². The second kappa shape index (κ2) is 12.3. The summed E-state index contributed by atoms with van der Waals surface area (Å²) < 4.78 is 11.0. The molecule has 0 amide bonds. The summed E-state index contributed by atoms with van der Waals surface area (Å²) in [6.45, 7) is 9.40. The van der Waals surface area contributed by atoms with Crippen molar-refractivity contribution >= 4 is 11.7 Å². The first-order valence-corrected chi connectivity index (χ1v) is 9.02. The molecule has 0 atom stereocenters. The summed E-state index contributed by atoms with van der Waals surface area (Å²) >= 11 is 0. The smallest absolute Gasteiger partial charge is 0.338 e. The quantitative estimate of drug-likeness (QED) is 0.471. The predicted octanol–water partition coefficient (Wildman–Crippen LogP) is 3.32. The number of carbonyl (C=O) groups is 1. The van der Waals surface area contributed by atoms with Crippen LogP contribution in [0.2, 0.25) is 0 Å². The molecule has 0 aromatic heterocycles. The number of benzene rings is 1. The summed E-state index contributed by atoms with van der Waals surface area (Å²) in [7, 11) is 0. The number of esters is 1. The van der Waals surface area contributed by atoms with E-state index in [0.717, 1.165) is 19.5 Å². The fraction of sp³-hybridized carbons (Fsp3) is 0.450. The first kappa shape index (κ1) is 22.0. The average Bonchev–Trinajstić information content (AvgIpc) is 2.70. The SMILES string of the molecule is CCCOc1ccc(C(=O)OCCN(CC)CC)cc1NC=C(C#N)C#N. The van der Waals surface area contributed by atoms with Gasteiger partial charge in [-0.3, -0.25) is 0 Å². The summed E-state index contributed by atoms with van der Waals surface area (Å²) in [6.07, 6.45) is 2.11. The van der Waals surface area contributed by atoms with E-state index in [-0.39, 0.29) is 5.57 Å².